The second-order valence-electron chi connectivity index (χ2n) is 5.76. The van der Waals surface area contributed by atoms with E-state index in [9.17, 15) is 9.59 Å². The largest absolute Gasteiger partial charge is 0.309 e. The van der Waals surface area contributed by atoms with Crippen LogP contribution in [0.25, 0.3) is 17.1 Å². The monoisotopic (exact) mass is 374 g/mol. The van der Waals surface area contributed by atoms with Gasteiger partial charge in [-0.3, -0.25) is 14.2 Å². The minimum Gasteiger partial charge on any atom is -0.309 e. The molecule has 10 heteroatoms. The van der Waals surface area contributed by atoms with Crippen molar-refractivity contribution in [2.24, 2.45) is 0 Å². The molecule has 0 saturated heterocycles. The summed E-state index contributed by atoms with van der Waals surface area (Å²) >= 11 is 0. The fourth-order valence-corrected chi connectivity index (χ4v) is 2.52. The molecule has 0 radical (unpaired) electrons. The van der Waals surface area contributed by atoms with Crippen LogP contribution < -0.4 is 10.9 Å². The maximum absolute atomic E-state index is 12.3. The van der Waals surface area contributed by atoms with Crippen molar-refractivity contribution in [2.75, 3.05) is 5.32 Å². The van der Waals surface area contributed by atoms with Gasteiger partial charge in [0.1, 0.15) is 31.3 Å². The number of hydrogen-bond donors (Lipinski definition) is 1. The lowest BCUT2D eigenvalue weighted by molar-refractivity contribution is -0.116. The standard InChI is InChI=1S/C18H14N8O2/c27-17(24-15-7-16(21-10-20-15)26-11-19-9-23-26)8-25-12-22-14(6-18(25)28)13-4-2-1-3-5-13/h1-7,9-12H,8H2,(H,20,21,24,27). The number of aromatic nitrogens is 7. The Morgan fingerprint density at radius 3 is 2.61 bits per heavy atom. The van der Waals surface area contributed by atoms with E-state index in [0.717, 1.165) is 5.56 Å². The molecule has 4 rings (SSSR count). The fourth-order valence-electron chi connectivity index (χ4n) is 2.52. The first-order valence-electron chi connectivity index (χ1n) is 8.28. The Morgan fingerprint density at radius 2 is 1.86 bits per heavy atom. The highest BCUT2D eigenvalue weighted by Crippen LogP contribution is 2.13. The number of nitrogens with zero attached hydrogens (tertiary/aromatic N) is 7. The summed E-state index contributed by atoms with van der Waals surface area (Å²) in [6.45, 7) is -0.191. The van der Waals surface area contributed by atoms with Gasteiger partial charge in [0.2, 0.25) is 5.91 Å². The first-order valence-corrected chi connectivity index (χ1v) is 8.28. The zero-order valence-electron chi connectivity index (χ0n) is 14.5. The van der Waals surface area contributed by atoms with E-state index in [1.807, 2.05) is 30.3 Å². The zero-order chi connectivity index (χ0) is 19.3. The molecule has 0 aliphatic rings. The smallest absolute Gasteiger partial charge is 0.254 e. The number of rotatable bonds is 5. The summed E-state index contributed by atoms with van der Waals surface area (Å²) in [5, 5.41) is 6.60. The molecule has 0 saturated carbocycles. The van der Waals surface area contributed by atoms with Crippen LogP contribution in [0.2, 0.25) is 0 Å². The molecule has 3 heterocycles. The van der Waals surface area contributed by atoms with Crippen LogP contribution >= 0.6 is 0 Å². The van der Waals surface area contributed by atoms with E-state index in [4.69, 9.17) is 0 Å². The van der Waals surface area contributed by atoms with Crippen molar-refractivity contribution in [1.82, 2.24) is 34.3 Å². The van der Waals surface area contributed by atoms with Crippen LogP contribution in [0.5, 0.6) is 0 Å². The number of anilines is 1. The fraction of sp³-hybridized carbons (Fsp3) is 0.0556. The average Bonchev–Trinajstić information content (AvgIpc) is 3.25. The quantitative estimate of drug-likeness (QED) is 0.551. The molecule has 0 aliphatic carbocycles. The van der Waals surface area contributed by atoms with E-state index in [-0.39, 0.29) is 17.9 Å². The van der Waals surface area contributed by atoms with Gasteiger partial charge in [-0.15, -0.1) is 0 Å². The Hall–Kier alpha value is -4.21. The molecule has 0 bridgehead atoms. The number of carbonyl (C=O) groups excluding carboxylic acids is 1. The molecule has 0 atom stereocenters. The number of amides is 1. The molecule has 138 valence electrons. The van der Waals surface area contributed by atoms with E-state index < -0.39 is 5.91 Å². The van der Waals surface area contributed by atoms with Crippen LogP contribution in [0.3, 0.4) is 0 Å². The molecule has 1 N–H and O–H groups in total. The summed E-state index contributed by atoms with van der Waals surface area (Å²) in [6, 6.07) is 12.3. The lowest BCUT2D eigenvalue weighted by atomic mass is 10.1. The van der Waals surface area contributed by atoms with Crippen LogP contribution in [-0.4, -0.2) is 40.2 Å². The van der Waals surface area contributed by atoms with Gasteiger partial charge in [-0.05, 0) is 0 Å². The topological polar surface area (TPSA) is 120 Å². The Labute approximate surface area is 158 Å². The molecule has 10 nitrogen and oxygen atoms in total. The summed E-state index contributed by atoms with van der Waals surface area (Å²) in [6.07, 6.45) is 5.51. The summed E-state index contributed by atoms with van der Waals surface area (Å²) in [5.74, 6) is 0.320. The van der Waals surface area contributed by atoms with E-state index in [1.54, 1.807) is 6.07 Å². The predicted octanol–water partition coefficient (Wildman–Crippen LogP) is 0.920. The van der Waals surface area contributed by atoms with E-state index in [1.165, 1.54) is 40.6 Å². The number of nitrogens with one attached hydrogen (secondary N) is 1. The van der Waals surface area contributed by atoms with E-state index >= 15 is 0 Å². The van der Waals surface area contributed by atoms with Crippen molar-refractivity contribution in [1.29, 1.82) is 0 Å². The first-order chi connectivity index (χ1) is 13.7. The highest BCUT2D eigenvalue weighted by atomic mass is 16.2. The number of carbonyl (C=O) groups is 1. The van der Waals surface area contributed by atoms with Gasteiger partial charge in [0, 0.05) is 17.7 Å². The van der Waals surface area contributed by atoms with Crippen molar-refractivity contribution in [3.8, 4) is 17.1 Å². The van der Waals surface area contributed by atoms with Crippen molar-refractivity contribution in [2.45, 2.75) is 6.54 Å². The SMILES string of the molecule is O=C(Cn1cnc(-c2ccccc2)cc1=O)Nc1cc(-n2cncn2)ncn1. The van der Waals surface area contributed by atoms with Crippen LogP contribution in [0, 0.1) is 0 Å². The van der Waals surface area contributed by atoms with Gasteiger partial charge in [0.15, 0.2) is 5.82 Å². The normalized spacial score (nSPS) is 10.6. The molecular weight excluding hydrogens is 360 g/mol. The highest BCUT2D eigenvalue weighted by Gasteiger charge is 2.09. The van der Waals surface area contributed by atoms with Crippen LogP contribution in [0.1, 0.15) is 0 Å². The lowest BCUT2D eigenvalue weighted by Gasteiger charge is -2.08. The summed E-state index contributed by atoms with van der Waals surface area (Å²) in [4.78, 5) is 40.8. The van der Waals surface area contributed by atoms with Gasteiger partial charge in [-0.2, -0.15) is 5.10 Å². The number of hydrogen-bond acceptors (Lipinski definition) is 7. The minimum atomic E-state index is -0.417. The Kier molecular flexibility index (Phi) is 4.66. The molecule has 0 unspecified atom stereocenters. The first kappa shape index (κ1) is 17.2. The molecule has 0 aliphatic heterocycles. The van der Waals surface area contributed by atoms with Gasteiger partial charge in [0.25, 0.3) is 5.56 Å². The summed E-state index contributed by atoms with van der Waals surface area (Å²) < 4.78 is 2.66. The molecule has 4 aromatic rings. The Morgan fingerprint density at radius 1 is 1.00 bits per heavy atom. The molecule has 1 aromatic carbocycles. The third kappa shape index (κ3) is 3.80. The maximum Gasteiger partial charge on any atom is 0.254 e. The van der Waals surface area contributed by atoms with Gasteiger partial charge in [-0.1, -0.05) is 30.3 Å². The maximum atomic E-state index is 12.3. The van der Waals surface area contributed by atoms with Gasteiger partial charge >= 0.3 is 0 Å². The lowest BCUT2D eigenvalue weighted by Crippen LogP contribution is -2.27. The zero-order valence-corrected chi connectivity index (χ0v) is 14.5. The molecular formula is C18H14N8O2. The van der Waals surface area contributed by atoms with Crippen molar-refractivity contribution < 1.29 is 4.79 Å². The third-order valence-electron chi connectivity index (χ3n) is 3.84. The molecule has 0 fully saturated rings. The van der Waals surface area contributed by atoms with E-state index in [2.05, 4.69) is 30.4 Å². The van der Waals surface area contributed by atoms with E-state index in [0.29, 0.717) is 11.5 Å². The Bertz CT molecular complexity index is 1160. The van der Waals surface area contributed by atoms with Crippen LogP contribution in [0.4, 0.5) is 5.82 Å². The highest BCUT2D eigenvalue weighted by molar-refractivity contribution is 5.89. The number of benzene rings is 1. The second-order valence-corrected chi connectivity index (χ2v) is 5.76. The average molecular weight is 374 g/mol. The van der Waals surface area contributed by atoms with Crippen molar-refractivity contribution >= 4 is 11.7 Å². The third-order valence-corrected chi connectivity index (χ3v) is 3.84. The van der Waals surface area contributed by atoms with Gasteiger partial charge < -0.3 is 5.32 Å². The van der Waals surface area contributed by atoms with Crippen LogP contribution in [-0.2, 0) is 11.3 Å². The second kappa shape index (κ2) is 7.58. The summed E-state index contributed by atoms with van der Waals surface area (Å²) in [5.41, 5.74) is 1.06. The van der Waals surface area contributed by atoms with Crippen molar-refractivity contribution in [3.63, 3.8) is 0 Å². The molecule has 3 aromatic heterocycles. The predicted molar refractivity (Wildman–Crippen MR) is 99.5 cm³/mol. The van der Waals surface area contributed by atoms with Crippen LogP contribution in [0.15, 0.2) is 72.6 Å². The molecule has 1 amide bonds. The molecule has 28 heavy (non-hydrogen) atoms. The summed E-state index contributed by atoms with van der Waals surface area (Å²) in [7, 11) is 0. The van der Waals surface area contributed by atoms with Crippen molar-refractivity contribution in [3.05, 3.63) is 78.1 Å². The van der Waals surface area contributed by atoms with Gasteiger partial charge in [0.05, 0.1) is 12.0 Å². The van der Waals surface area contributed by atoms with Gasteiger partial charge in [-0.25, -0.2) is 24.6 Å². The Balaban J connectivity index is 1.47. The molecule has 0 spiro atoms. The minimum absolute atomic E-state index is 0.191.